The Bertz CT molecular complexity index is 1700. The number of aromatic nitrogens is 3. The molecule has 0 spiro atoms. The molecule has 7 nitrogen and oxygen atoms in total. The normalized spacial score (nSPS) is 15.5. The van der Waals surface area contributed by atoms with E-state index in [1.165, 1.54) is 26.5 Å². The molecule has 3 N–H and O–H groups in total. The molecule has 0 saturated heterocycles. The molecule has 6 rings (SSSR count). The fraction of sp³-hybridized carbons (Fsp3) is 0.276. The van der Waals surface area contributed by atoms with E-state index in [2.05, 4.69) is 46.6 Å². The Hall–Kier alpha value is -3.75. The van der Waals surface area contributed by atoms with Crippen molar-refractivity contribution in [2.45, 2.75) is 33.3 Å². The third-order valence-electron chi connectivity index (χ3n) is 7.18. The van der Waals surface area contributed by atoms with Crippen LogP contribution in [0.3, 0.4) is 0 Å². The van der Waals surface area contributed by atoms with Crippen LogP contribution < -0.4 is 25.9 Å². The molecule has 2 aliphatic rings. The van der Waals surface area contributed by atoms with E-state index in [0.29, 0.717) is 16.9 Å². The molecule has 0 saturated carbocycles. The monoisotopic (exact) mass is 511 g/mol. The standard InChI is InChI=1S/C29H29N5O2S/c1-29(2)12-21-20-7-10-31-26(27(20)37-24(21)13-29)19-6-4-5-18(22(19)15-35)17-11-23(28(36)34(3)14-17)33-25-8-9-30-16-32-25/h4-9,11,14,16,31,35H,10,12-13,15H2,1-3H3,(H,30,32,33). The molecule has 0 radical (unpaired) electrons. The summed E-state index contributed by atoms with van der Waals surface area (Å²) in [6.07, 6.45) is 9.38. The van der Waals surface area contributed by atoms with Gasteiger partial charge in [0.1, 0.15) is 17.8 Å². The Kier molecular flexibility index (Phi) is 5.73. The van der Waals surface area contributed by atoms with Crippen LogP contribution >= 0.6 is 11.3 Å². The zero-order valence-corrected chi connectivity index (χ0v) is 21.9. The Morgan fingerprint density at radius 2 is 2.05 bits per heavy atom. The third kappa shape index (κ3) is 4.16. The SMILES string of the molecule is Cn1cc(-c2cccc(C3=c4sc5c(c4=CCN3)CC(C)(C)C5)c2CO)cc(Nc2ccncn2)c1=O. The highest BCUT2D eigenvalue weighted by Gasteiger charge is 2.32. The minimum absolute atomic E-state index is 0.120. The highest BCUT2D eigenvalue weighted by atomic mass is 32.1. The van der Waals surface area contributed by atoms with Crippen LogP contribution in [0, 0.1) is 5.41 Å². The molecule has 37 heavy (non-hydrogen) atoms. The van der Waals surface area contributed by atoms with Crippen LogP contribution in [0.25, 0.3) is 22.9 Å². The minimum atomic E-state index is -0.163. The fourth-order valence-electron chi connectivity index (χ4n) is 5.51. The van der Waals surface area contributed by atoms with E-state index in [9.17, 15) is 9.90 Å². The summed E-state index contributed by atoms with van der Waals surface area (Å²) in [5.41, 5.74) is 6.67. The van der Waals surface area contributed by atoms with Gasteiger partial charge in [0, 0.05) is 42.0 Å². The van der Waals surface area contributed by atoms with Crippen molar-refractivity contribution in [1.29, 1.82) is 0 Å². The van der Waals surface area contributed by atoms with Crippen molar-refractivity contribution < 1.29 is 5.11 Å². The van der Waals surface area contributed by atoms with Crippen molar-refractivity contribution >= 4 is 34.6 Å². The Balaban J connectivity index is 1.50. The first-order chi connectivity index (χ1) is 17.8. The van der Waals surface area contributed by atoms with Gasteiger partial charge in [-0.15, -0.1) is 11.3 Å². The summed E-state index contributed by atoms with van der Waals surface area (Å²) in [4.78, 5) is 22.5. The number of nitrogens with one attached hydrogen (secondary N) is 2. The van der Waals surface area contributed by atoms with Crippen LogP contribution in [0.15, 0.2) is 53.8 Å². The van der Waals surface area contributed by atoms with Gasteiger partial charge in [-0.3, -0.25) is 4.79 Å². The van der Waals surface area contributed by atoms with Gasteiger partial charge in [-0.05, 0) is 52.3 Å². The van der Waals surface area contributed by atoms with Gasteiger partial charge >= 0.3 is 0 Å². The quantitative estimate of drug-likeness (QED) is 0.382. The number of pyridine rings is 1. The first kappa shape index (κ1) is 23.6. The number of rotatable bonds is 5. The summed E-state index contributed by atoms with van der Waals surface area (Å²) < 4.78 is 2.81. The molecule has 1 aliphatic carbocycles. The van der Waals surface area contributed by atoms with Gasteiger partial charge < -0.3 is 20.3 Å². The molecule has 0 unspecified atom stereocenters. The predicted molar refractivity (Wildman–Crippen MR) is 148 cm³/mol. The molecule has 0 fully saturated rings. The molecule has 4 heterocycles. The maximum absolute atomic E-state index is 12.9. The van der Waals surface area contributed by atoms with Crippen molar-refractivity contribution in [3.63, 3.8) is 0 Å². The Labute approximate surface area is 218 Å². The van der Waals surface area contributed by atoms with E-state index in [1.807, 2.05) is 35.7 Å². The number of aliphatic hydroxyl groups is 1. The average Bonchev–Trinajstić information content (AvgIpc) is 3.38. The summed E-state index contributed by atoms with van der Waals surface area (Å²) >= 11 is 1.88. The second-order valence-electron chi connectivity index (χ2n) is 10.5. The first-order valence-electron chi connectivity index (χ1n) is 12.4. The van der Waals surface area contributed by atoms with Crippen LogP contribution in [0.4, 0.5) is 11.5 Å². The zero-order valence-electron chi connectivity index (χ0n) is 21.1. The van der Waals surface area contributed by atoms with Gasteiger partial charge in [-0.1, -0.05) is 38.1 Å². The average molecular weight is 512 g/mol. The number of nitrogens with zero attached hydrogens (tertiary/aromatic N) is 3. The summed E-state index contributed by atoms with van der Waals surface area (Å²) in [6.45, 7) is 5.32. The number of hydrogen-bond acceptors (Lipinski definition) is 7. The number of thiophene rings is 1. The lowest BCUT2D eigenvalue weighted by Crippen LogP contribution is -2.37. The van der Waals surface area contributed by atoms with E-state index in [0.717, 1.165) is 47.3 Å². The van der Waals surface area contributed by atoms with Crippen LogP contribution in [-0.2, 0) is 26.5 Å². The van der Waals surface area contributed by atoms with Crippen molar-refractivity contribution in [2.24, 2.45) is 12.5 Å². The van der Waals surface area contributed by atoms with Crippen molar-refractivity contribution in [3.05, 3.63) is 90.7 Å². The molecule has 3 aromatic heterocycles. The second-order valence-corrected chi connectivity index (χ2v) is 11.6. The Morgan fingerprint density at radius 1 is 1.22 bits per heavy atom. The molecule has 4 aromatic rings. The summed E-state index contributed by atoms with van der Waals surface area (Å²) in [5.74, 6) is 0.542. The van der Waals surface area contributed by atoms with Crippen LogP contribution in [0.5, 0.6) is 0 Å². The molecule has 1 aromatic carbocycles. The van der Waals surface area contributed by atoms with Gasteiger partial charge in [-0.25, -0.2) is 9.97 Å². The molecule has 8 heteroatoms. The van der Waals surface area contributed by atoms with Gasteiger partial charge in [0.2, 0.25) is 0 Å². The lowest BCUT2D eigenvalue weighted by atomic mass is 9.90. The summed E-state index contributed by atoms with van der Waals surface area (Å²) in [6, 6.07) is 9.62. The molecule has 0 atom stereocenters. The summed E-state index contributed by atoms with van der Waals surface area (Å²) in [5, 5.41) is 18.7. The number of aliphatic hydroxyl groups excluding tert-OH is 1. The molecule has 1 aliphatic heterocycles. The summed E-state index contributed by atoms with van der Waals surface area (Å²) in [7, 11) is 1.73. The second kappa shape index (κ2) is 8.97. The highest BCUT2D eigenvalue weighted by molar-refractivity contribution is 7.10. The molecule has 0 bridgehead atoms. The van der Waals surface area contributed by atoms with E-state index in [1.54, 1.807) is 23.9 Å². The van der Waals surface area contributed by atoms with Crippen LogP contribution in [-0.4, -0.2) is 26.2 Å². The largest absolute Gasteiger partial charge is 0.392 e. The molecule has 0 amide bonds. The number of benzene rings is 1. The molecule has 188 valence electrons. The first-order valence-corrected chi connectivity index (χ1v) is 13.2. The third-order valence-corrected chi connectivity index (χ3v) is 8.45. The van der Waals surface area contributed by atoms with E-state index in [4.69, 9.17) is 0 Å². The minimum Gasteiger partial charge on any atom is -0.392 e. The lowest BCUT2D eigenvalue weighted by Gasteiger charge is -2.20. The maximum atomic E-state index is 12.9. The van der Waals surface area contributed by atoms with Crippen molar-refractivity contribution in [3.8, 4) is 11.1 Å². The van der Waals surface area contributed by atoms with E-state index >= 15 is 0 Å². The predicted octanol–water partition coefficient (Wildman–Crippen LogP) is 2.80. The van der Waals surface area contributed by atoms with Gasteiger partial charge in [0.25, 0.3) is 5.56 Å². The van der Waals surface area contributed by atoms with Crippen molar-refractivity contribution in [1.82, 2.24) is 19.9 Å². The van der Waals surface area contributed by atoms with Crippen LogP contribution in [0.2, 0.25) is 0 Å². The molecular formula is C29H29N5O2S. The Morgan fingerprint density at radius 3 is 2.84 bits per heavy atom. The van der Waals surface area contributed by atoms with Crippen molar-refractivity contribution in [2.75, 3.05) is 11.9 Å². The van der Waals surface area contributed by atoms with Gasteiger partial charge in [0.15, 0.2) is 0 Å². The van der Waals surface area contributed by atoms with Gasteiger partial charge in [-0.2, -0.15) is 0 Å². The maximum Gasteiger partial charge on any atom is 0.274 e. The fourth-order valence-corrected chi connectivity index (χ4v) is 7.12. The van der Waals surface area contributed by atoms with Crippen LogP contribution in [0.1, 0.15) is 35.4 Å². The molecular weight excluding hydrogens is 482 g/mol. The number of fused-ring (bicyclic) bond motifs is 3. The number of aryl methyl sites for hydroxylation is 1. The van der Waals surface area contributed by atoms with E-state index < -0.39 is 0 Å². The zero-order chi connectivity index (χ0) is 25.7. The number of anilines is 2. The lowest BCUT2D eigenvalue weighted by molar-refractivity contribution is 0.282. The smallest absolute Gasteiger partial charge is 0.274 e. The van der Waals surface area contributed by atoms with Gasteiger partial charge in [0.05, 0.1) is 16.8 Å². The number of hydrogen-bond donors (Lipinski definition) is 3. The topological polar surface area (TPSA) is 92.1 Å². The van der Waals surface area contributed by atoms with E-state index in [-0.39, 0.29) is 12.2 Å². The highest BCUT2D eigenvalue weighted by Crippen LogP contribution is 2.37.